The topological polar surface area (TPSA) is 57.5 Å². The van der Waals surface area contributed by atoms with Gasteiger partial charge in [-0.3, -0.25) is 0 Å². The molecule has 0 aliphatic carbocycles. The first-order chi connectivity index (χ1) is 12.2. The van der Waals surface area contributed by atoms with E-state index in [2.05, 4.69) is 6.92 Å². The molecule has 0 fully saturated rings. The standard InChI is InChI=1S/C22H32O3/c1-2-3-4-5-12-15-18-21(23)19-16-13-10-8-6-7-9-11-14-17-20-22(24)25/h6-11,13-14,16-17,19-21,23H,2-5,12,15,18H2,1H3,(H,24,25)/b8-6+,9-7+,13-10-,14-11-,19-16+,20-17+. The quantitative estimate of drug-likeness (QED) is 0.248. The fourth-order valence-electron chi connectivity index (χ4n) is 2.07. The van der Waals surface area contributed by atoms with Gasteiger partial charge in [0.15, 0.2) is 0 Å². The first-order valence-corrected chi connectivity index (χ1v) is 9.09. The van der Waals surface area contributed by atoms with Gasteiger partial charge in [0.1, 0.15) is 0 Å². The zero-order valence-corrected chi connectivity index (χ0v) is 15.3. The maximum atomic E-state index is 10.2. The van der Waals surface area contributed by atoms with Gasteiger partial charge in [0.2, 0.25) is 0 Å². The van der Waals surface area contributed by atoms with Gasteiger partial charge in [-0.1, -0.05) is 112 Å². The van der Waals surface area contributed by atoms with Crippen molar-refractivity contribution in [3.05, 3.63) is 72.9 Å². The van der Waals surface area contributed by atoms with Crippen molar-refractivity contribution in [2.75, 3.05) is 0 Å². The molecule has 0 bridgehead atoms. The fraction of sp³-hybridized carbons (Fsp3) is 0.409. The summed E-state index contributed by atoms with van der Waals surface area (Å²) in [5.41, 5.74) is 0. The summed E-state index contributed by atoms with van der Waals surface area (Å²) in [5.74, 6) is -0.955. The van der Waals surface area contributed by atoms with Crippen molar-refractivity contribution in [1.82, 2.24) is 0 Å². The number of hydrogen-bond donors (Lipinski definition) is 2. The summed E-state index contributed by atoms with van der Waals surface area (Å²) in [6, 6.07) is 0. The van der Waals surface area contributed by atoms with Gasteiger partial charge < -0.3 is 10.2 Å². The van der Waals surface area contributed by atoms with Crippen LogP contribution < -0.4 is 0 Å². The van der Waals surface area contributed by atoms with Crippen LogP contribution in [-0.4, -0.2) is 22.3 Å². The van der Waals surface area contributed by atoms with E-state index in [1.165, 1.54) is 38.2 Å². The highest BCUT2D eigenvalue weighted by atomic mass is 16.4. The second-order valence-corrected chi connectivity index (χ2v) is 5.75. The van der Waals surface area contributed by atoms with Crippen LogP contribution in [0.4, 0.5) is 0 Å². The number of carboxylic acids is 1. The average molecular weight is 344 g/mol. The second-order valence-electron chi connectivity index (χ2n) is 5.75. The number of carbonyl (C=O) groups is 1. The summed E-state index contributed by atoms with van der Waals surface area (Å²) in [7, 11) is 0. The Labute approximate surface area is 152 Å². The molecule has 0 spiro atoms. The molecule has 0 saturated carbocycles. The molecular formula is C22H32O3. The second kappa shape index (κ2) is 18.2. The minimum atomic E-state index is -0.955. The van der Waals surface area contributed by atoms with Crippen LogP contribution in [0, 0.1) is 0 Å². The summed E-state index contributed by atoms with van der Waals surface area (Å²) in [5, 5.41) is 18.2. The minimum Gasteiger partial charge on any atom is -0.478 e. The number of hydrogen-bond acceptors (Lipinski definition) is 2. The Morgan fingerprint density at radius 3 is 1.80 bits per heavy atom. The van der Waals surface area contributed by atoms with E-state index in [4.69, 9.17) is 5.11 Å². The molecule has 1 unspecified atom stereocenters. The number of allylic oxidation sites excluding steroid dienone is 10. The van der Waals surface area contributed by atoms with Gasteiger partial charge in [0.25, 0.3) is 0 Å². The molecule has 3 nitrogen and oxygen atoms in total. The highest BCUT2D eigenvalue weighted by molar-refractivity contribution is 5.80. The Hall–Kier alpha value is -2.13. The van der Waals surface area contributed by atoms with E-state index in [0.29, 0.717) is 0 Å². The zero-order chi connectivity index (χ0) is 18.6. The number of aliphatic carboxylic acids is 1. The molecule has 3 heteroatoms. The van der Waals surface area contributed by atoms with Crippen molar-refractivity contribution in [3.63, 3.8) is 0 Å². The summed E-state index contributed by atoms with van der Waals surface area (Å²) < 4.78 is 0. The van der Waals surface area contributed by atoms with Crippen LogP contribution in [0.1, 0.15) is 51.9 Å². The van der Waals surface area contributed by atoms with Gasteiger partial charge in [-0.2, -0.15) is 0 Å². The molecule has 0 aliphatic heterocycles. The lowest BCUT2D eigenvalue weighted by Crippen LogP contribution is -2.01. The smallest absolute Gasteiger partial charge is 0.328 e. The van der Waals surface area contributed by atoms with Crippen molar-refractivity contribution in [2.45, 2.75) is 58.0 Å². The highest BCUT2D eigenvalue weighted by Gasteiger charge is 1.97. The summed E-state index contributed by atoms with van der Waals surface area (Å²) in [6.07, 6.45) is 28.8. The van der Waals surface area contributed by atoms with E-state index < -0.39 is 5.97 Å². The van der Waals surface area contributed by atoms with Crippen molar-refractivity contribution in [3.8, 4) is 0 Å². The van der Waals surface area contributed by atoms with Crippen LogP contribution in [0.15, 0.2) is 72.9 Å². The van der Waals surface area contributed by atoms with Gasteiger partial charge in [-0.15, -0.1) is 0 Å². The SMILES string of the molecule is CCCCCCCCC(O)/C=C/C=C\C=C\C=C\C=C/C=C/C(=O)O. The van der Waals surface area contributed by atoms with Gasteiger partial charge >= 0.3 is 5.97 Å². The lowest BCUT2D eigenvalue weighted by molar-refractivity contribution is -0.131. The van der Waals surface area contributed by atoms with Crippen molar-refractivity contribution < 1.29 is 15.0 Å². The zero-order valence-electron chi connectivity index (χ0n) is 15.3. The van der Waals surface area contributed by atoms with Gasteiger partial charge in [-0.25, -0.2) is 4.79 Å². The van der Waals surface area contributed by atoms with Gasteiger partial charge in [0, 0.05) is 6.08 Å². The molecule has 0 aromatic carbocycles. The van der Waals surface area contributed by atoms with Gasteiger partial charge in [-0.05, 0) is 6.42 Å². The van der Waals surface area contributed by atoms with Crippen LogP contribution >= 0.6 is 0 Å². The maximum absolute atomic E-state index is 10.2. The van der Waals surface area contributed by atoms with E-state index in [1.807, 2.05) is 48.6 Å². The first kappa shape index (κ1) is 22.9. The predicted octanol–water partition coefficient (Wildman–Crippen LogP) is 5.52. The van der Waals surface area contributed by atoms with Crippen molar-refractivity contribution in [2.24, 2.45) is 0 Å². The molecule has 2 N–H and O–H groups in total. The van der Waals surface area contributed by atoms with Crippen LogP contribution in [0.3, 0.4) is 0 Å². The van der Waals surface area contributed by atoms with E-state index in [9.17, 15) is 9.90 Å². The molecule has 0 rings (SSSR count). The third kappa shape index (κ3) is 19.8. The normalized spacial score (nSPS) is 14.3. The molecule has 138 valence electrons. The largest absolute Gasteiger partial charge is 0.478 e. The molecule has 0 aromatic rings. The monoisotopic (exact) mass is 344 g/mol. The number of aliphatic hydroxyl groups excluding tert-OH is 1. The molecule has 0 heterocycles. The molecular weight excluding hydrogens is 312 g/mol. The molecule has 1 atom stereocenters. The number of rotatable bonds is 14. The molecule has 0 radical (unpaired) electrons. The molecule has 0 saturated heterocycles. The minimum absolute atomic E-state index is 0.358. The fourth-order valence-corrected chi connectivity index (χ4v) is 2.07. The van der Waals surface area contributed by atoms with E-state index >= 15 is 0 Å². The average Bonchev–Trinajstić information content (AvgIpc) is 2.58. The Bertz CT molecular complexity index is 493. The van der Waals surface area contributed by atoms with E-state index in [0.717, 1.165) is 18.9 Å². The van der Waals surface area contributed by atoms with Crippen LogP contribution in [0.5, 0.6) is 0 Å². The summed E-state index contributed by atoms with van der Waals surface area (Å²) >= 11 is 0. The Morgan fingerprint density at radius 2 is 1.24 bits per heavy atom. The maximum Gasteiger partial charge on any atom is 0.328 e. The molecule has 25 heavy (non-hydrogen) atoms. The molecule has 0 aliphatic rings. The first-order valence-electron chi connectivity index (χ1n) is 9.09. The summed E-state index contributed by atoms with van der Waals surface area (Å²) in [4.78, 5) is 10.2. The number of carboxylic acid groups (broad SMARTS) is 1. The van der Waals surface area contributed by atoms with Crippen molar-refractivity contribution >= 4 is 5.97 Å². The third-order valence-corrected chi connectivity index (χ3v) is 3.43. The van der Waals surface area contributed by atoms with Crippen molar-refractivity contribution in [1.29, 1.82) is 0 Å². The Balaban J connectivity index is 3.77. The van der Waals surface area contributed by atoms with Crippen LogP contribution in [0.2, 0.25) is 0 Å². The van der Waals surface area contributed by atoms with E-state index in [1.54, 1.807) is 12.2 Å². The van der Waals surface area contributed by atoms with Crippen LogP contribution in [0.25, 0.3) is 0 Å². The highest BCUT2D eigenvalue weighted by Crippen LogP contribution is 2.09. The molecule has 0 amide bonds. The van der Waals surface area contributed by atoms with Gasteiger partial charge in [0.05, 0.1) is 6.10 Å². The van der Waals surface area contributed by atoms with E-state index in [-0.39, 0.29) is 6.10 Å². The lowest BCUT2D eigenvalue weighted by Gasteiger charge is -2.04. The third-order valence-electron chi connectivity index (χ3n) is 3.43. The predicted molar refractivity (Wildman–Crippen MR) is 106 cm³/mol. The number of unbranched alkanes of at least 4 members (excludes halogenated alkanes) is 5. The Morgan fingerprint density at radius 1 is 0.760 bits per heavy atom. The summed E-state index contributed by atoms with van der Waals surface area (Å²) in [6.45, 7) is 2.22. The lowest BCUT2D eigenvalue weighted by atomic mass is 10.1. The number of aliphatic hydroxyl groups is 1. The van der Waals surface area contributed by atoms with Crippen LogP contribution in [-0.2, 0) is 4.79 Å². The molecule has 0 aromatic heterocycles. The Kier molecular flexibility index (Phi) is 16.7.